The first-order valence-corrected chi connectivity index (χ1v) is 4.25. The Kier molecular flexibility index (Phi) is 1.63. The van der Waals surface area contributed by atoms with E-state index < -0.39 is 0 Å². The zero-order valence-corrected chi connectivity index (χ0v) is 7.72. The number of nitrogens with one attached hydrogen (secondary N) is 1. The standard InChI is InChI=1S/C9H5BrN2/c1-11-7-3-2-6-4-5-12-9(6)8(7)10/h2-5,12H. The van der Waals surface area contributed by atoms with Crippen molar-refractivity contribution in [3.8, 4) is 0 Å². The molecule has 0 amide bonds. The first-order chi connectivity index (χ1) is 5.83. The Hall–Kier alpha value is -1.27. The average molecular weight is 221 g/mol. The first-order valence-electron chi connectivity index (χ1n) is 3.46. The number of hydrogen-bond acceptors (Lipinski definition) is 0. The van der Waals surface area contributed by atoms with Crippen molar-refractivity contribution in [1.29, 1.82) is 0 Å². The molecule has 0 unspecified atom stereocenters. The summed E-state index contributed by atoms with van der Waals surface area (Å²) in [5.41, 5.74) is 1.63. The largest absolute Gasteiger partial charge is 0.361 e. The molecule has 2 nitrogen and oxygen atoms in total. The molecule has 0 aliphatic heterocycles. The summed E-state index contributed by atoms with van der Waals surface area (Å²) in [4.78, 5) is 6.46. The molecule has 2 aromatic rings. The number of aromatic nitrogens is 1. The van der Waals surface area contributed by atoms with Crippen molar-refractivity contribution < 1.29 is 0 Å². The Morgan fingerprint density at radius 1 is 1.33 bits per heavy atom. The zero-order chi connectivity index (χ0) is 8.55. The number of aromatic amines is 1. The van der Waals surface area contributed by atoms with Crippen LogP contribution in [0.3, 0.4) is 0 Å². The van der Waals surface area contributed by atoms with E-state index in [0.29, 0.717) is 5.69 Å². The van der Waals surface area contributed by atoms with E-state index in [1.807, 2.05) is 24.4 Å². The maximum atomic E-state index is 6.89. The van der Waals surface area contributed by atoms with Crippen LogP contribution in [0.15, 0.2) is 28.9 Å². The van der Waals surface area contributed by atoms with Crippen molar-refractivity contribution >= 4 is 32.5 Å². The molecule has 58 valence electrons. The number of nitrogens with zero attached hydrogens (tertiary/aromatic N) is 1. The molecule has 12 heavy (non-hydrogen) atoms. The number of H-pyrrole nitrogens is 1. The van der Waals surface area contributed by atoms with Crippen LogP contribution >= 0.6 is 15.9 Å². The monoisotopic (exact) mass is 220 g/mol. The van der Waals surface area contributed by atoms with Gasteiger partial charge in [-0.1, -0.05) is 28.1 Å². The molecule has 0 fully saturated rings. The van der Waals surface area contributed by atoms with Crippen molar-refractivity contribution in [3.05, 3.63) is 40.3 Å². The van der Waals surface area contributed by atoms with Crippen LogP contribution in [0.1, 0.15) is 0 Å². The van der Waals surface area contributed by atoms with Gasteiger partial charge in [0.05, 0.1) is 6.57 Å². The van der Waals surface area contributed by atoms with E-state index in [1.54, 1.807) is 0 Å². The predicted octanol–water partition coefficient (Wildman–Crippen LogP) is 3.48. The van der Waals surface area contributed by atoms with Crippen molar-refractivity contribution in [3.63, 3.8) is 0 Å². The molecule has 1 heterocycles. The highest BCUT2D eigenvalue weighted by molar-refractivity contribution is 9.10. The molecule has 0 aliphatic rings. The molecule has 0 saturated carbocycles. The van der Waals surface area contributed by atoms with Gasteiger partial charge in [0.15, 0.2) is 0 Å². The molecule has 0 atom stereocenters. The summed E-state index contributed by atoms with van der Waals surface area (Å²) in [6.45, 7) is 6.89. The number of halogens is 1. The van der Waals surface area contributed by atoms with E-state index in [1.165, 1.54) is 0 Å². The predicted molar refractivity (Wildman–Crippen MR) is 52.3 cm³/mol. The fourth-order valence-electron chi connectivity index (χ4n) is 1.17. The first kappa shape index (κ1) is 7.38. The summed E-state index contributed by atoms with van der Waals surface area (Å²) in [7, 11) is 0. The lowest BCUT2D eigenvalue weighted by Crippen LogP contribution is -1.70. The van der Waals surface area contributed by atoms with Crippen LogP contribution in [0, 0.1) is 6.57 Å². The molecule has 1 N–H and O–H groups in total. The van der Waals surface area contributed by atoms with E-state index in [0.717, 1.165) is 15.4 Å². The van der Waals surface area contributed by atoms with Gasteiger partial charge in [-0.3, -0.25) is 0 Å². The second-order valence-electron chi connectivity index (χ2n) is 2.45. The summed E-state index contributed by atoms with van der Waals surface area (Å²) >= 11 is 3.38. The van der Waals surface area contributed by atoms with Gasteiger partial charge in [-0.15, -0.1) is 0 Å². The summed E-state index contributed by atoms with van der Waals surface area (Å²) in [6, 6.07) is 5.73. The Labute approximate surface area is 78.2 Å². The van der Waals surface area contributed by atoms with Crippen molar-refractivity contribution in [2.75, 3.05) is 0 Å². The number of hydrogen-bond donors (Lipinski definition) is 1. The average Bonchev–Trinajstić information content (AvgIpc) is 2.53. The molecule has 0 spiro atoms. The van der Waals surface area contributed by atoms with Crippen LogP contribution in [0.25, 0.3) is 15.7 Å². The number of benzene rings is 1. The molecule has 0 bridgehead atoms. The molecule has 2 rings (SSSR count). The lowest BCUT2D eigenvalue weighted by molar-refractivity contribution is 1.47. The normalized spacial score (nSPS) is 10.0. The maximum absolute atomic E-state index is 6.89. The van der Waals surface area contributed by atoms with Gasteiger partial charge in [0.2, 0.25) is 5.69 Å². The molecule has 0 radical (unpaired) electrons. The quantitative estimate of drug-likeness (QED) is 0.657. The fraction of sp³-hybridized carbons (Fsp3) is 0. The van der Waals surface area contributed by atoms with E-state index in [2.05, 4.69) is 25.8 Å². The summed E-state index contributed by atoms with van der Waals surface area (Å²) < 4.78 is 0.847. The SMILES string of the molecule is [C-]#[N+]c1ccc2cc[nH]c2c1Br. The highest BCUT2D eigenvalue weighted by atomic mass is 79.9. The Balaban J connectivity index is 2.89. The van der Waals surface area contributed by atoms with Crippen molar-refractivity contribution in [2.45, 2.75) is 0 Å². The highest BCUT2D eigenvalue weighted by Gasteiger charge is 2.04. The van der Waals surface area contributed by atoms with Gasteiger partial charge in [0.25, 0.3) is 0 Å². The van der Waals surface area contributed by atoms with Crippen molar-refractivity contribution in [2.24, 2.45) is 0 Å². The van der Waals surface area contributed by atoms with Crippen molar-refractivity contribution in [1.82, 2.24) is 4.98 Å². The minimum absolute atomic E-state index is 0.643. The molecule has 3 heteroatoms. The molecule has 0 aliphatic carbocycles. The van der Waals surface area contributed by atoms with Gasteiger partial charge in [0.1, 0.15) is 0 Å². The Morgan fingerprint density at radius 3 is 2.92 bits per heavy atom. The minimum Gasteiger partial charge on any atom is -0.361 e. The highest BCUT2D eigenvalue weighted by Crippen LogP contribution is 2.32. The van der Waals surface area contributed by atoms with Gasteiger partial charge >= 0.3 is 0 Å². The van der Waals surface area contributed by atoms with Crippen LogP contribution in [0.2, 0.25) is 0 Å². The fourth-order valence-corrected chi connectivity index (χ4v) is 1.73. The van der Waals surface area contributed by atoms with Crippen LogP contribution < -0.4 is 0 Å². The molecular weight excluding hydrogens is 216 g/mol. The van der Waals surface area contributed by atoms with Gasteiger partial charge in [-0.05, 0) is 11.5 Å². The summed E-state index contributed by atoms with van der Waals surface area (Å²) in [5.74, 6) is 0. The molecular formula is C9H5BrN2. The van der Waals surface area contributed by atoms with Crippen LogP contribution in [0.4, 0.5) is 5.69 Å². The number of fused-ring (bicyclic) bond motifs is 1. The zero-order valence-electron chi connectivity index (χ0n) is 6.13. The number of rotatable bonds is 0. The van der Waals surface area contributed by atoms with E-state index in [4.69, 9.17) is 6.57 Å². The maximum Gasteiger partial charge on any atom is 0.203 e. The minimum atomic E-state index is 0.643. The topological polar surface area (TPSA) is 20.1 Å². The van der Waals surface area contributed by atoms with Crippen LogP contribution in [-0.2, 0) is 0 Å². The lowest BCUT2D eigenvalue weighted by atomic mass is 10.2. The molecule has 1 aromatic heterocycles. The van der Waals surface area contributed by atoms with Gasteiger partial charge < -0.3 is 4.98 Å². The molecule has 0 saturated heterocycles. The third-order valence-corrected chi connectivity index (χ3v) is 2.57. The Morgan fingerprint density at radius 2 is 2.17 bits per heavy atom. The van der Waals surface area contributed by atoms with E-state index in [9.17, 15) is 0 Å². The van der Waals surface area contributed by atoms with E-state index >= 15 is 0 Å². The van der Waals surface area contributed by atoms with Gasteiger partial charge in [-0.25, -0.2) is 4.85 Å². The van der Waals surface area contributed by atoms with E-state index in [-0.39, 0.29) is 0 Å². The smallest absolute Gasteiger partial charge is 0.203 e. The second-order valence-corrected chi connectivity index (χ2v) is 3.25. The lowest BCUT2D eigenvalue weighted by Gasteiger charge is -1.96. The molecule has 1 aromatic carbocycles. The van der Waals surface area contributed by atoms with Gasteiger partial charge in [-0.2, -0.15) is 0 Å². The van der Waals surface area contributed by atoms with Gasteiger partial charge in [0, 0.05) is 16.2 Å². The van der Waals surface area contributed by atoms with Crippen LogP contribution in [0.5, 0.6) is 0 Å². The summed E-state index contributed by atoms with van der Waals surface area (Å²) in [5, 5.41) is 1.12. The third kappa shape index (κ3) is 0.926. The third-order valence-electron chi connectivity index (χ3n) is 1.76. The van der Waals surface area contributed by atoms with Crippen LogP contribution in [-0.4, -0.2) is 4.98 Å². The Bertz CT molecular complexity index is 465. The second kappa shape index (κ2) is 2.65. The summed E-state index contributed by atoms with van der Waals surface area (Å²) in [6.07, 6.45) is 1.86.